The molecule has 2 aromatic heterocycles. The Morgan fingerprint density at radius 3 is 2.94 bits per heavy atom. The lowest BCUT2D eigenvalue weighted by Crippen LogP contribution is -2.02. The fourth-order valence-electron chi connectivity index (χ4n) is 1.71. The van der Waals surface area contributed by atoms with Gasteiger partial charge in [0, 0.05) is 17.6 Å². The third kappa shape index (κ3) is 2.64. The van der Waals surface area contributed by atoms with Crippen molar-refractivity contribution < 1.29 is 0 Å². The lowest BCUT2D eigenvalue weighted by Gasteiger charge is -1.99. The Labute approximate surface area is 105 Å². The lowest BCUT2D eigenvalue weighted by molar-refractivity contribution is 0.887. The van der Waals surface area contributed by atoms with Gasteiger partial charge < -0.3 is 5.32 Å². The van der Waals surface area contributed by atoms with Gasteiger partial charge in [-0.15, -0.1) is 11.3 Å². The van der Waals surface area contributed by atoms with Crippen LogP contribution >= 0.6 is 11.3 Å². The van der Waals surface area contributed by atoms with Gasteiger partial charge in [0.25, 0.3) is 0 Å². The Bertz CT molecular complexity index is 517. The number of rotatable bonds is 4. The SMILES string of the molecule is Cc1cccc(-c2csc(NCC3CC3)n2)n1. The first-order valence-corrected chi connectivity index (χ1v) is 6.82. The van der Waals surface area contributed by atoms with Gasteiger partial charge in [-0.05, 0) is 37.8 Å². The average molecular weight is 245 g/mol. The van der Waals surface area contributed by atoms with Crippen molar-refractivity contribution in [3.63, 3.8) is 0 Å². The average Bonchev–Trinajstić information content (AvgIpc) is 3.04. The van der Waals surface area contributed by atoms with Gasteiger partial charge in [-0.3, -0.25) is 4.98 Å². The molecular formula is C13H15N3S. The van der Waals surface area contributed by atoms with E-state index < -0.39 is 0 Å². The van der Waals surface area contributed by atoms with E-state index in [1.165, 1.54) is 12.8 Å². The van der Waals surface area contributed by atoms with Crippen molar-refractivity contribution in [2.75, 3.05) is 11.9 Å². The van der Waals surface area contributed by atoms with E-state index in [1.807, 2.05) is 25.1 Å². The van der Waals surface area contributed by atoms with Crippen molar-refractivity contribution >= 4 is 16.5 Å². The fourth-order valence-corrected chi connectivity index (χ4v) is 2.43. The molecule has 1 aliphatic carbocycles. The Morgan fingerprint density at radius 2 is 2.18 bits per heavy atom. The maximum absolute atomic E-state index is 4.57. The molecule has 3 nitrogen and oxygen atoms in total. The molecule has 3 rings (SSSR count). The van der Waals surface area contributed by atoms with E-state index in [1.54, 1.807) is 11.3 Å². The standard InChI is InChI=1S/C13H15N3S/c1-9-3-2-4-11(15-9)12-8-17-13(16-12)14-7-10-5-6-10/h2-4,8,10H,5-7H2,1H3,(H,14,16). The summed E-state index contributed by atoms with van der Waals surface area (Å²) in [4.78, 5) is 9.05. The summed E-state index contributed by atoms with van der Waals surface area (Å²) in [5.41, 5.74) is 2.96. The maximum atomic E-state index is 4.57. The molecule has 0 radical (unpaired) electrons. The van der Waals surface area contributed by atoms with Crippen LogP contribution in [0.1, 0.15) is 18.5 Å². The van der Waals surface area contributed by atoms with Gasteiger partial charge in [0.05, 0.1) is 5.69 Å². The Hall–Kier alpha value is -1.42. The first-order valence-electron chi connectivity index (χ1n) is 5.95. The second-order valence-electron chi connectivity index (χ2n) is 4.53. The van der Waals surface area contributed by atoms with Crippen LogP contribution < -0.4 is 5.32 Å². The number of aryl methyl sites for hydroxylation is 1. The Kier molecular flexibility index (Phi) is 2.81. The number of thiazole rings is 1. The molecule has 1 saturated carbocycles. The molecule has 0 spiro atoms. The summed E-state index contributed by atoms with van der Waals surface area (Å²) in [5, 5.41) is 6.47. The van der Waals surface area contributed by atoms with Crippen LogP contribution in [0.3, 0.4) is 0 Å². The fraction of sp³-hybridized carbons (Fsp3) is 0.385. The molecule has 1 aliphatic rings. The minimum absolute atomic E-state index is 0.874. The summed E-state index contributed by atoms with van der Waals surface area (Å²) < 4.78 is 0. The monoisotopic (exact) mass is 245 g/mol. The van der Waals surface area contributed by atoms with Crippen LogP contribution in [0.2, 0.25) is 0 Å². The number of nitrogens with zero attached hydrogens (tertiary/aromatic N) is 2. The van der Waals surface area contributed by atoms with Gasteiger partial charge in [-0.1, -0.05) is 6.07 Å². The smallest absolute Gasteiger partial charge is 0.183 e. The molecule has 0 unspecified atom stereocenters. The number of pyridine rings is 1. The highest BCUT2D eigenvalue weighted by Crippen LogP contribution is 2.30. The van der Waals surface area contributed by atoms with E-state index in [2.05, 4.69) is 20.7 Å². The van der Waals surface area contributed by atoms with Gasteiger partial charge in [-0.2, -0.15) is 0 Å². The van der Waals surface area contributed by atoms with E-state index in [-0.39, 0.29) is 0 Å². The number of hydrogen-bond acceptors (Lipinski definition) is 4. The van der Waals surface area contributed by atoms with Crippen LogP contribution in [0, 0.1) is 12.8 Å². The highest BCUT2D eigenvalue weighted by molar-refractivity contribution is 7.14. The molecule has 0 bridgehead atoms. The minimum atomic E-state index is 0.874. The predicted octanol–water partition coefficient (Wildman–Crippen LogP) is 3.34. The van der Waals surface area contributed by atoms with Crippen molar-refractivity contribution in [3.05, 3.63) is 29.3 Å². The van der Waals surface area contributed by atoms with Gasteiger partial charge in [0.15, 0.2) is 5.13 Å². The molecule has 2 heterocycles. The van der Waals surface area contributed by atoms with Gasteiger partial charge in [-0.25, -0.2) is 4.98 Å². The Balaban J connectivity index is 1.74. The van der Waals surface area contributed by atoms with Gasteiger partial charge >= 0.3 is 0 Å². The molecule has 88 valence electrons. The molecule has 17 heavy (non-hydrogen) atoms. The van der Waals surface area contributed by atoms with E-state index in [0.717, 1.165) is 34.7 Å². The molecule has 2 aromatic rings. The van der Waals surface area contributed by atoms with E-state index in [4.69, 9.17) is 0 Å². The summed E-state index contributed by atoms with van der Waals surface area (Å²) in [6, 6.07) is 6.03. The van der Waals surface area contributed by atoms with Gasteiger partial charge in [0.1, 0.15) is 5.69 Å². The molecule has 0 saturated heterocycles. The summed E-state index contributed by atoms with van der Waals surface area (Å²) in [5.74, 6) is 0.874. The summed E-state index contributed by atoms with van der Waals surface area (Å²) in [6.07, 6.45) is 2.73. The van der Waals surface area contributed by atoms with Crippen LogP contribution in [0.15, 0.2) is 23.6 Å². The molecule has 0 atom stereocenters. The number of anilines is 1. The molecule has 4 heteroatoms. The highest BCUT2D eigenvalue weighted by Gasteiger charge is 2.21. The molecule has 0 aliphatic heterocycles. The number of nitrogens with one attached hydrogen (secondary N) is 1. The Morgan fingerprint density at radius 1 is 1.29 bits per heavy atom. The second-order valence-corrected chi connectivity index (χ2v) is 5.38. The van der Waals surface area contributed by atoms with E-state index >= 15 is 0 Å². The zero-order valence-electron chi connectivity index (χ0n) is 9.81. The minimum Gasteiger partial charge on any atom is -0.361 e. The molecule has 1 N–H and O–H groups in total. The zero-order chi connectivity index (χ0) is 11.7. The zero-order valence-corrected chi connectivity index (χ0v) is 10.6. The lowest BCUT2D eigenvalue weighted by atomic mass is 10.3. The van der Waals surface area contributed by atoms with Crippen molar-refractivity contribution in [3.8, 4) is 11.4 Å². The maximum Gasteiger partial charge on any atom is 0.183 e. The van der Waals surface area contributed by atoms with Crippen LogP contribution in [0.25, 0.3) is 11.4 Å². The largest absolute Gasteiger partial charge is 0.361 e. The first kappa shape index (κ1) is 10.7. The van der Waals surface area contributed by atoms with E-state index in [0.29, 0.717) is 0 Å². The first-order chi connectivity index (χ1) is 8.31. The normalized spacial score (nSPS) is 14.9. The van der Waals surface area contributed by atoms with E-state index in [9.17, 15) is 0 Å². The third-order valence-electron chi connectivity index (χ3n) is 2.89. The van der Waals surface area contributed by atoms with Crippen LogP contribution in [-0.4, -0.2) is 16.5 Å². The molecular weight excluding hydrogens is 230 g/mol. The predicted molar refractivity (Wildman–Crippen MR) is 71.3 cm³/mol. The van der Waals surface area contributed by atoms with Gasteiger partial charge in [0.2, 0.25) is 0 Å². The van der Waals surface area contributed by atoms with Crippen LogP contribution in [0.5, 0.6) is 0 Å². The third-order valence-corrected chi connectivity index (χ3v) is 3.69. The van der Waals surface area contributed by atoms with Crippen LogP contribution in [0.4, 0.5) is 5.13 Å². The van der Waals surface area contributed by atoms with Crippen molar-refractivity contribution in [2.24, 2.45) is 5.92 Å². The molecule has 1 fully saturated rings. The second kappa shape index (κ2) is 4.45. The van der Waals surface area contributed by atoms with Crippen LogP contribution in [-0.2, 0) is 0 Å². The summed E-state index contributed by atoms with van der Waals surface area (Å²) in [7, 11) is 0. The molecule has 0 aromatic carbocycles. The number of aromatic nitrogens is 2. The van der Waals surface area contributed by atoms with Crippen molar-refractivity contribution in [2.45, 2.75) is 19.8 Å². The summed E-state index contributed by atoms with van der Waals surface area (Å²) in [6.45, 7) is 3.07. The topological polar surface area (TPSA) is 37.8 Å². The number of hydrogen-bond donors (Lipinski definition) is 1. The summed E-state index contributed by atoms with van der Waals surface area (Å²) >= 11 is 1.66. The highest BCUT2D eigenvalue weighted by atomic mass is 32.1. The van der Waals surface area contributed by atoms with Crippen molar-refractivity contribution in [1.29, 1.82) is 0 Å². The molecule has 0 amide bonds. The quantitative estimate of drug-likeness (QED) is 0.897. The van der Waals surface area contributed by atoms with Crippen molar-refractivity contribution in [1.82, 2.24) is 9.97 Å².